The maximum atomic E-state index is 9.67. The normalized spacial score (nSPS) is 12.1. The van der Waals surface area contributed by atoms with E-state index >= 15 is 0 Å². The second-order valence-electron chi connectivity index (χ2n) is 3.45. The average Bonchev–Trinajstić information content (AvgIpc) is 2.31. The number of rotatable bonds is 4. The molecule has 0 saturated heterocycles. The lowest BCUT2D eigenvalue weighted by Crippen LogP contribution is -1.93. The van der Waals surface area contributed by atoms with Crippen molar-refractivity contribution in [2.45, 2.75) is 27.2 Å². The Morgan fingerprint density at radius 2 is 2.12 bits per heavy atom. The van der Waals surface area contributed by atoms with Gasteiger partial charge in [-0.1, -0.05) is 19.1 Å². The van der Waals surface area contributed by atoms with E-state index in [0.717, 1.165) is 17.7 Å². The molecule has 0 spiro atoms. The summed E-state index contributed by atoms with van der Waals surface area (Å²) in [6.45, 7) is 5.89. The summed E-state index contributed by atoms with van der Waals surface area (Å²) in [5.74, 6) is 1.40. The van der Waals surface area contributed by atoms with E-state index in [2.05, 4.69) is 6.92 Å². The minimum Gasteiger partial charge on any atom is -0.504 e. The first-order valence-corrected chi connectivity index (χ1v) is 5.50. The zero-order chi connectivity index (χ0) is 12.0. The van der Waals surface area contributed by atoms with Crippen LogP contribution in [0, 0.1) is 0 Å². The molecular formula is C14H18O2. The molecule has 2 heteroatoms. The van der Waals surface area contributed by atoms with E-state index in [9.17, 15) is 5.11 Å². The molecule has 0 unspecified atom stereocenters. The number of aromatic hydroxyl groups is 1. The summed E-state index contributed by atoms with van der Waals surface area (Å²) in [5, 5.41) is 9.67. The molecule has 0 amide bonds. The van der Waals surface area contributed by atoms with Crippen molar-refractivity contribution in [2.75, 3.05) is 0 Å². The molecule has 1 rings (SSSR count). The number of hydrogen-bond acceptors (Lipinski definition) is 2. The zero-order valence-corrected chi connectivity index (χ0v) is 10.0. The van der Waals surface area contributed by atoms with Gasteiger partial charge in [-0.05, 0) is 50.1 Å². The molecule has 1 aromatic rings. The minimum absolute atomic E-state index is 0.168. The molecule has 0 radical (unpaired) electrons. The van der Waals surface area contributed by atoms with Gasteiger partial charge in [-0.3, -0.25) is 0 Å². The Morgan fingerprint density at radius 3 is 2.69 bits per heavy atom. The lowest BCUT2D eigenvalue weighted by Gasteiger charge is -2.09. The number of phenols is 1. The van der Waals surface area contributed by atoms with Crippen LogP contribution in [0.2, 0.25) is 0 Å². The van der Waals surface area contributed by atoms with Gasteiger partial charge in [0.2, 0.25) is 0 Å². The Bertz CT molecular complexity index is 403. The van der Waals surface area contributed by atoms with E-state index in [1.54, 1.807) is 6.07 Å². The van der Waals surface area contributed by atoms with Crippen LogP contribution in [0.25, 0.3) is 0 Å². The average molecular weight is 218 g/mol. The molecule has 0 bridgehead atoms. The van der Waals surface area contributed by atoms with Crippen LogP contribution in [0.4, 0.5) is 0 Å². The van der Waals surface area contributed by atoms with Crippen molar-refractivity contribution in [1.82, 2.24) is 0 Å². The van der Waals surface area contributed by atoms with E-state index in [1.807, 2.05) is 44.2 Å². The predicted octanol–water partition coefficient (Wildman–Crippen LogP) is 3.81. The molecule has 1 aromatic carbocycles. The zero-order valence-electron chi connectivity index (χ0n) is 10.0. The highest BCUT2D eigenvalue weighted by Gasteiger charge is 2.04. The molecule has 1 N–H and O–H groups in total. The molecule has 0 atom stereocenters. The number of ether oxygens (including phenoxy) is 1. The summed E-state index contributed by atoms with van der Waals surface area (Å²) in [6.07, 6.45) is 6.54. The molecule has 0 fully saturated rings. The molecular weight excluding hydrogens is 200 g/mol. The number of aryl methyl sites for hydroxylation is 1. The van der Waals surface area contributed by atoms with E-state index < -0.39 is 0 Å². The van der Waals surface area contributed by atoms with Crippen molar-refractivity contribution < 1.29 is 9.84 Å². The quantitative estimate of drug-likeness (QED) is 0.615. The van der Waals surface area contributed by atoms with Crippen LogP contribution in [0.5, 0.6) is 11.5 Å². The van der Waals surface area contributed by atoms with Crippen LogP contribution in [-0.2, 0) is 6.42 Å². The first-order chi connectivity index (χ1) is 7.71. The minimum atomic E-state index is 0.168. The number of allylic oxidation sites excluding steroid dienone is 3. The number of phenolic OH excluding ortho intramolecular Hbond substituents is 1. The highest BCUT2D eigenvalue weighted by Crippen LogP contribution is 2.28. The van der Waals surface area contributed by atoms with Gasteiger partial charge in [-0.25, -0.2) is 0 Å². The molecule has 86 valence electrons. The van der Waals surface area contributed by atoms with Gasteiger partial charge in [0.05, 0.1) is 0 Å². The van der Waals surface area contributed by atoms with Crippen LogP contribution in [0.1, 0.15) is 26.3 Å². The maximum absolute atomic E-state index is 9.67. The lowest BCUT2D eigenvalue weighted by atomic mass is 10.1. The second-order valence-corrected chi connectivity index (χ2v) is 3.45. The van der Waals surface area contributed by atoms with Crippen molar-refractivity contribution in [1.29, 1.82) is 0 Å². The summed E-state index contributed by atoms with van der Waals surface area (Å²) in [4.78, 5) is 0. The Hall–Kier alpha value is -1.70. The molecule has 0 heterocycles. The lowest BCUT2D eigenvalue weighted by molar-refractivity contribution is 0.391. The Balaban J connectivity index is 2.95. The summed E-state index contributed by atoms with van der Waals surface area (Å²) in [5.41, 5.74) is 1.14. The first kappa shape index (κ1) is 12.4. The molecule has 2 nitrogen and oxygen atoms in total. The van der Waals surface area contributed by atoms with Crippen LogP contribution in [-0.4, -0.2) is 5.11 Å². The fourth-order valence-electron chi connectivity index (χ4n) is 1.34. The van der Waals surface area contributed by atoms with Crippen LogP contribution < -0.4 is 4.74 Å². The second kappa shape index (κ2) is 6.01. The van der Waals surface area contributed by atoms with Gasteiger partial charge in [0.15, 0.2) is 11.5 Å². The smallest absolute Gasteiger partial charge is 0.169 e. The molecule has 0 aromatic heterocycles. The Kier molecular flexibility index (Phi) is 4.65. The molecule has 0 saturated carbocycles. The maximum Gasteiger partial charge on any atom is 0.169 e. The van der Waals surface area contributed by atoms with Crippen LogP contribution in [0.15, 0.2) is 42.2 Å². The van der Waals surface area contributed by atoms with Crippen LogP contribution >= 0.6 is 0 Å². The van der Waals surface area contributed by atoms with Crippen molar-refractivity contribution in [2.24, 2.45) is 0 Å². The van der Waals surface area contributed by atoms with Gasteiger partial charge in [0.1, 0.15) is 5.76 Å². The van der Waals surface area contributed by atoms with E-state index in [4.69, 9.17) is 4.74 Å². The number of hydrogen-bond donors (Lipinski definition) is 1. The van der Waals surface area contributed by atoms with Crippen molar-refractivity contribution in [3.05, 3.63) is 47.7 Å². The van der Waals surface area contributed by atoms with Crippen molar-refractivity contribution in [3.63, 3.8) is 0 Å². The van der Waals surface area contributed by atoms with Gasteiger partial charge < -0.3 is 9.84 Å². The van der Waals surface area contributed by atoms with Gasteiger partial charge in [0.25, 0.3) is 0 Å². The Morgan fingerprint density at radius 1 is 1.38 bits per heavy atom. The van der Waals surface area contributed by atoms with Crippen molar-refractivity contribution in [3.8, 4) is 11.5 Å². The standard InChI is InChI=1S/C14H18O2/c1-4-7-12(6-3)16-14-10-11(5-2)8-9-13(14)15/h4,6-10,15H,5H2,1-3H3/b7-4-,12-6+. The SMILES string of the molecule is C/C=C\C(=C/C)Oc1cc(CC)ccc1O. The summed E-state index contributed by atoms with van der Waals surface area (Å²) in [6, 6.07) is 5.42. The monoisotopic (exact) mass is 218 g/mol. The van der Waals surface area contributed by atoms with E-state index in [0.29, 0.717) is 5.75 Å². The predicted molar refractivity (Wildman–Crippen MR) is 66.7 cm³/mol. The van der Waals surface area contributed by atoms with Gasteiger partial charge in [0, 0.05) is 0 Å². The Labute approximate surface area is 96.9 Å². The van der Waals surface area contributed by atoms with Gasteiger partial charge in [-0.2, -0.15) is 0 Å². The first-order valence-electron chi connectivity index (χ1n) is 5.50. The third-order valence-corrected chi connectivity index (χ3v) is 2.28. The summed E-state index contributed by atoms with van der Waals surface area (Å²) >= 11 is 0. The molecule has 16 heavy (non-hydrogen) atoms. The van der Waals surface area contributed by atoms with Gasteiger partial charge in [-0.15, -0.1) is 0 Å². The summed E-state index contributed by atoms with van der Waals surface area (Å²) < 4.78 is 5.60. The summed E-state index contributed by atoms with van der Waals surface area (Å²) in [7, 11) is 0. The molecule has 0 aliphatic rings. The number of benzene rings is 1. The fourth-order valence-corrected chi connectivity index (χ4v) is 1.34. The largest absolute Gasteiger partial charge is 0.504 e. The highest BCUT2D eigenvalue weighted by atomic mass is 16.5. The third-order valence-electron chi connectivity index (χ3n) is 2.28. The molecule has 0 aliphatic heterocycles. The van der Waals surface area contributed by atoms with E-state index in [1.165, 1.54) is 0 Å². The van der Waals surface area contributed by atoms with Crippen LogP contribution in [0.3, 0.4) is 0 Å². The third kappa shape index (κ3) is 3.16. The topological polar surface area (TPSA) is 29.5 Å². The van der Waals surface area contributed by atoms with Gasteiger partial charge >= 0.3 is 0 Å². The fraction of sp³-hybridized carbons (Fsp3) is 0.286. The highest BCUT2D eigenvalue weighted by molar-refractivity contribution is 5.43. The van der Waals surface area contributed by atoms with Crippen molar-refractivity contribution >= 4 is 0 Å². The molecule has 0 aliphatic carbocycles. The van der Waals surface area contributed by atoms with E-state index in [-0.39, 0.29) is 5.75 Å².